The Labute approximate surface area is 228 Å². The molecule has 3 aliphatic heterocycles. The Balaban J connectivity index is 1.14. The van der Waals surface area contributed by atoms with E-state index in [-0.39, 0.29) is 17.5 Å². The minimum absolute atomic E-state index is 0.0771. The van der Waals surface area contributed by atoms with Crippen molar-refractivity contribution in [1.82, 2.24) is 24.8 Å². The number of benzene rings is 1. The average Bonchev–Trinajstić information content (AvgIpc) is 2.91. The summed E-state index contributed by atoms with van der Waals surface area (Å²) in [5, 5.41) is 0. The van der Waals surface area contributed by atoms with E-state index in [4.69, 9.17) is 4.74 Å². The quantitative estimate of drug-likeness (QED) is 0.460. The second kappa shape index (κ2) is 10.4. The number of likely N-dealkylation sites (tertiary alicyclic amines) is 2. The maximum absolute atomic E-state index is 15.0. The maximum Gasteiger partial charge on any atom is 0.178 e. The highest BCUT2D eigenvalue weighted by Gasteiger charge is 2.43. The number of fused-ring (bicyclic) bond motifs is 1. The third-order valence-electron chi connectivity index (χ3n) is 8.40. The van der Waals surface area contributed by atoms with Gasteiger partial charge in [0.1, 0.15) is 18.1 Å². The smallest absolute Gasteiger partial charge is 0.178 e. The van der Waals surface area contributed by atoms with Gasteiger partial charge in [-0.15, -0.1) is 0 Å². The number of anilines is 1. The lowest BCUT2D eigenvalue weighted by Gasteiger charge is -2.54. The fourth-order valence-electron chi connectivity index (χ4n) is 6.16. The number of hydrogen-bond acceptors (Lipinski definition) is 7. The van der Waals surface area contributed by atoms with Crippen molar-refractivity contribution < 1.29 is 13.5 Å². The largest absolute Gasteiger partial charge is 0.486 e. The van der Waals surface area contributed by atoms with Crippen molar-refractivity contribution in [2.75, 3.05) is 51.3 Å². The molecular weight excluding hydrogens is 498 g/mol. The Morgan fingerprint density at radius 1 is 1.00 bits per heavy atom. The first-order valence-electron chi connectivity index (χ1n) is 13.9. The summed E-state index contributed by atoms with van der Waals surface area (Å²) in [5.74, 6) is -0.467. The van der Waals surface area contributed by atoms with Crippen LogP contribution in [0.25, 0.3) is 11.3 Å². The number of pyridine rings is 1. The van der Waals surface area contributed by atoms with Crippen LogP contribution in [-0.2, 0) is 13.0 Å². The van der Waals surface area contributed by atoms with Crippen molar-refractivity contribution in [1.29, 1.82) is 0 Å². The summed E-state index contributed by atoms with van der Waals surface area (Å²) in [6.45, 7) is 10.8. The summed E-state index contributed by atoms with van der Waals surface area (Å²) < 4.78 is 35.4. The summed E-state index contributed by atoms with van der Waals surface area (Å²) in [5.41, 5.74) is 3.56. The molecule has 1 aromatic carbocycles. The topological polar surface area (TPSA) is 57.6 Å². The SMILES string of the molecule is CC(C)N1CCOc2c(F)cc(-c3nc(Cc4ccc(CN5CC6(CCN(C)CC6)C5)cn4)ncc3F)cc21. The molecule has 2 saturated heterocycles. The van der Waals surface area contributed by atoms with Crippen LogP contribution >= 0.6 is 0 Å². The number of ether oxygens (including phenoxy) is 1. The molecule has 0 unspecified atom stereocenters. The van der Waals surface area contributed by atoms with Crippen LogP contribution in [0.3, 0.4) is 0 Å². The Kier molecular flexibility index (Phi) is 6.97. The van der Waals surface area contributed by atoms with Gasteiger partial charge in [0.15, 0.2) is 17.4 Å². The molecule has 3 aromatic rings. The molecule has 6 rings (SSSR count). The van der Waals surface area contributed by atoms with Crippen LogP contribution < -0.4 is 9.64 Å². The maximum atomic E-state index is 15.0. The first kappa shape index (κ1) is 26.1. The van der Waals surface area contributed by atoms with Crippen molar-refractivity contribution in [3.05, 3.63) is 65.4 Å². The van der Waals surface area contributed by atoms with Gasteiger partial charge in [0.25, 0.3) is 0 Å². The zero-order valence-electron chi connectivity index (χ0n) is 23.0. The van der Waals surface area contributed by atoms with E-state index in [9.17, 15) is 8.78 Å². The van der Waals surface area contributed by atoms with E-state index in [1.165, 1.54) is 50.7 Å². The molecule has 39 heavy (non-hydrogen) atoms. The molecule has 9 heteroatoms. The predicted octanol–water partition coefficient (Wildman–Crippen LogP) is 4.54. The van der Waals surface area contributed by atoms with Crippen LogP contribution in [0, 0.1) is 17.0 Å². The van der Waals surface area contributed by atoms with Crippen LogP contribution in [0.4, 0.5) is 14.5 Å². The Bertz CT molecular complexity index is 1330. The van der Waals surface area contributed by atoms with Gasteiger partial charge in [-0.3, -0.25) is 9.88 Å². The Morgan fingerprint density at radius 3 is 2.51 bits per heavy atom. The zero-order chi connectivity index (χ0) is 27.1. The zero-order valence-corrected chi connectivity index (χ0v) is 23.0. The van der Waals surface area contributed by atoms with E-state index in [1.807, 2.05) is 26.1 Å². The third kappa shape index (κ3) is 5.34. The van der Waals surface area contributed by atoms with E-state index < -0.39 is 11.6 Å². The van der Waals surface area contributed by atoms with Crippen molar-refractivity contribution in [3.8, 4) is 17.0 Å². The van der Waals surface area contributed by atoms with E-state index in [0.717, 1.165) is 18.4 Å². The summed E-state index contributed by atoms with van der Waals surface area (Å²) in [6, 6.07) is 7.29. The number of nitrogens with zero attached hydrogens (tertiary/aromatic N) is 6. The predicted molar refractivity (Wildman–Crippen MR) is 147 cm³/mol. The molecular formula is C30H36F2N6O. The van der Waals surface area contributed by atoms with Gasteiger partial charge in [-0.05, 0) is 76.0 Å². The van der Waals surface area contributed by atoms with Crippen LogP contribution in [0.5, 0.6) is 5.75 Å². The molecule has 0 amide bonds. The van der Waals surface area contributed by atoms with Crippen molar-refractivity contribution in [2.24, 2.45) is 5.41 Å². The van der Waals surface area contributed by atoms with Crippen molar-refractivity contribution in [3.63, 3.8) is 0 Å². The minimum Gasteiger partial charge on any atom is -0.486 e. The molecule has 0 atom stereocenters. The van der Waals surface area contributed by atoms with Gasteiger partial charge in [0.2, 0.25) is 0 Å². The molecule has 5 heterocycles. The lowest BCUT2D eigenvalue weighted by molar-refractivity contribution is -0.0471. The van der Waals surface area contributed by atoms with Gasteiger partial charge in [0, 0.05) is 43.1 Å². The molecule has 3 aliphatic rings. The minimum atomic E-state index is -0.592. The highest BCUT2D eigenvalue weighted by molar-refractivity contribution is 5.72. The molecule has 0 aliphatic carbocycles. The lowest BCUT2D eigenvalue weighted by atomic mass is 9.72. The van der Waals surface area contributed by atoms with Gasteiger partial charge >= 0.3 is 0 Å². The van der Waals surface area contributed by atoms with Crippen molar-refractivity contribution in [2.45, 2.75) is 45.7 Å². The normalized spacial score (nSPS) is 19.2. The molecule has 2 aromatic heterocycles. The van der Waals surface area contributed by atoms with E-state index in [1.54, 1.807) is 6.07 Å². The number of halogens is 2. The van der Waals surface area contributed by atoms with Crippen LogP contribution in [-0.4, -0.2) is 77.2 Å². The van der Waals surface area contributed by atoms with Gasteiger partial charge in [-0.1, -0.05) is 6.07 Å². The average molecular weight is 535 g/mol. The van der Waals surface area contributed by atoms with Crippen LogP contribution in [0.2, 0.25) is 0 Å². The third-order valence-corrected chi connectivity index (χ3v) is 8.40. The molecule has 0 bridgehead atoms. The highest BCUT2D eigenvalue weighted by Crippen LogP contribution is 2.41. The van der Waals surface area contributed by atoms with Crippen molar-refractivity contribution >= 4 is 5.69 Å². The molecule has 0 saturated carbocycles. The number of hydrogen-bond donors (Lipinski definition) is 0. The standard InChI is InChI=1S/C30H36F2N6O/c1-20(2)38-10-11-39-29-24(31)12-22(13-26(29)38)28-25(32)16-34-27(35-28)14-23-5-4-21(15-33-23)17-37-18-30(19-37)6-8-36(3)9-7-30/h4-5,12-13,15-16,20H,6-11,14,17-19H2,1-3H3. The van der Waals surface area contributed by atoms with Gasteiger partial charge in [-0.25, -0.2) is 18.7 Å². The van der Waals surface area contributed by atoms with Crippen LogP contribution in [0.15, 0.2) is 36.7 Å². The summed E-state index contributed by atoms with van der Waals surface area (Å²) >= 11 is 0. The van der Waals surface area contributed by atoms with E-state index in [0.29, 0.717) is 42.1 Å². The second-order valence-corrected chi connectivity index (χ2v) is 11.7. The first-order chi connectivity index (χ1) is 18.8. The van der Waals surface area contributed by atoms with Crippen LogP contribution in [0.1, 0.15) is 43.8 Å². The van der Waals surface area contributed by atoms with Gasteiger partial charge in [0.05, 0.1) is 24.8 Å². The summed E-state index contributed by atoms with van der Waals surface area (Å²) in [6.07, 6.45) is 6.02. The van der Waals surface area contributed by atoms with E-state index in [2.05, 4.69) is 42.8 Å². The monoisotopic (exact) mass is 534 g/mol. The molecule has 7 nitrogen and oxygen atoms in total. The number of piperidine rings is 1. The fourth-order valence-corrected chi connectivity index (χ4v) is 6.16. The molecule has 0 N–H and O–H groups in total. The first-order valence-corrected chi connectivity index (χ1v) is 13.9. The molecule has 1 spiro atoms. The fraction of sp³-hybridized carbons (Fsp3) is 0.500. The number of rotatable bonds is 6. The Morgan fingerprint density at radius 2 is 1.79 bits per heavy atom. The van der Waals surface area contributed by atoms with Gasteiger partial charge in [-0.2, -0.15) is 0 Å². The Hall–Kier alpha value is -3.17. The number of aromatic nitrogens is 3. The highest BCUT2D eigenvalue weighted by atomic mass is 19.1. The molecule has 0 radical (unpaired) electrons. The summed E-state index contributed by atoms with van der Waals surface area (Å²) in [7, 11) is 2.21. The second-order valence-electron chi connectivity index (χ2n) is 11.7. The molecule has 206 valence electrons. The molecule has 2 fully saturated rings. The lowest BCUT2D eigenvalue weighted by Crippen LogP contribution is -2.59. The summed E-state index contributed by atoms with van der Waals surface area (Å²) in [4.78, 5) is 20.3. The van der Waals surface area contributed by atoms with E-state index >= 15 is 0 Å². The van der Waals surface area contributed by atoms with Gasteiger partial charge < -0.3 is 14.5 Å².